The standard InChI is InChI=1S/C20H25BrN2O4S/c1-4-23(5-2)28(25,26)19-11-9-18(10-12-19)27-14-20(24)22-15(3)16-7-6-8-17(21)13-16/h6-13,15H,4-5,14H2,1-3H3,(H,22,24). The van der Waals surface area contributed by atoms with Gasteiger partial charge in [0.05, 0.1) is 10.9 Å². The van der Waals surface area contributed by atoms with E-state index in [1.54, 1.807) is 26.0 Å². The van der Waals surface area contributed by atoms with E-state index in [0.29, 0.717) is 18.8 Å². The fourth-order valence-corrected chi connectivity index (χ4v) is 4.59. The molecule has 1 amide bonds. The third kappa shape index (κ3) is 5.80. The van der Waals surface area contributed by atoms with Crippen molar-refractivity contribution in [3.63, 3.8) is 0 Å². The molecule has 8 heteroatoms. The molecule has 6 nitrogen and oxygen atoms in total. The minimum atomic E-state index is -3.50. The number of sulfonamides is 1. The molecule has 0 aromatic heterocycles. The second-order valence-electron chi connectivity index (χ2n) is 6.19. The lowest BCUT2D eigenvalue weighted by Gasteiger charge is -2.18. The first-order valence-electron chi connectivity index (χ1n) is 9.05. The van der Waals surface area contributed by atoms with Gasteiger partial charge in [0.1, 0.15) is 5.75 Å². The van der Waals surface area contributed by atoms with Crippen LogP contribution in [0.3, 0.4) is 0 Å². The molecular weight excluding hydrogens is 444 g/mol. The number of hydrogen-bond donors (Lipinski definition) is 1. The average Bonchev–Trinajstić information content (AvgIpc) is 2.67. The summed E-state index contributed by atoms with van der Waals surface area (Å²) in [5.41, 5.74) is 0.980. The minimum Gasteiger partial charge on any atom is -0.484 e. The van der Waals surface area contributed by atoms with Crippen LogP contribution in [0.25, 0.3) is 0 Å². The smallest absolute Gasteiger partial charge is 0.258 e. The van der Waals surface area contributed by atoms with Crippen LogP contribution in [0, 0.1) is 0 Å². The van der Waals surface area contributed by atoms with Crippen molar-refractivity contribution in [3.8, 4) is 5.75 Å². The molecule has 28 heavy (non-hydrogen) atoms. The zero-order valence-electron chi connectivity index (χ0n) is 16.2. The summed E-state index contributed by atoms with van der Waals surface area (Å²) in [5, 5.41) is 2.87. The fourth-order valence-electron chi connectivity index (χ4n) is 2.71. The highest BCUT2D eigenvalue weighted by Gasteiger charge is 2.21. The van der Waals surface area contributed by atoms with Crippen molar-refractivity contribution in [3.05, 3.63) is 58.6 Å². The van der Waals surface area contributed by atoms with E-state index in [1.165, 1.54) is 16.4 Å². The number of benzene rings is 2. The molecule has 0 spiro atoms. The van der Waals surface area contributed by atoms with Gasteiger partial charge in [0.2, 0.25) is 10.0 Å². The summed E-state index contributed by atoms with van der Waals surface area (Å²) in [4.78, 5) is 12.3. The molecule has 2 rings (SSSR count). The van der Waals surface area contributed by atoms with Gasteiger partial charge in [0, 0.05) is 17.6 Å². The van der Waals surface area contributed by atoms with E-state index in [-0.39, 0.29) is 23.5 Å². The van der Waals surface area contributed by atoms with E-state index in [9.17, 15) is 13.2 Å². The van der Waals surface area contributed by atoms with Crippen molar-refractivity contribution < 1.29 is 17.9 Å². The largest absolute Gasteiger partial charge is 0.484 e. The summed E-state index contributed by atoms with van der Waals surface area (Å²) < 4.78 is 32.8. The summed E-state index contributed by atoms with van der Waals surface area (Å²) in [7, 11) is -3.50. The third-order valence-corrected chi connectivity index (χ3v) is 6.82. The first kappa shape index (κ1) is 22.4. The Morgan fingerprint density at radius 1 is 1.14 bits per heavy atom. The second kappa shape index (κ2) is 10.0. The van der Waals surface area contributed by atoms with E-state index >= 15 is 0 Å². The Hall–Kier alpha value is -1.90. The summed E-state index contributed by atoms with van der Waals surface area (Å²) in [5.74, 6) is 0.177. The van der Waals surface area contributed by atoms with Gasteiger partial charge < -0.3 is 10.1 Å². The summed E-state index contributed by atoms with van der Waals surface area (Å²) in [6.45, 7) is 6.16. The molecule has 152 valence electrons. The molecule has 0 radical (unpaired) electrons. The van der Waals surface area contributed by atoms with Crippen LogP contribution in [0.15, 0.2) is 57.9 Å². The zero-order chi connectivity index (χ0) is 20.7. The molecular formula is C20H25BrN2O4S. The Bertz CT molecular complexity index is 897. The summed E-state index contributed by atoms with van der Waals surface area (Å²) >= 11 is 3.41. The SMILES string of the molecule is CCN(CC)S(=O)(=O)c1ccc(OCC(=O)NC(C)c2cccc(Br)c2)cc1. The molecule has 0 fully saturated rings. The zero-order valence-corrected chi connectivity index (χ0v) is 18.6. The van der Waals surface area contributed by atoms with Gasteiger partial charge in [-0.1, -0.05) is 41.9 Å². The van der Waals surface area contributed by atoms with E-state index < -0.39 is 10.0 Å². The third-order valence-electron chi connectivity index (χ3n) is 4.26. The van der Waals surface area contributed by atoms with E-state index in [4.69, 9.17) is 4.74 Å². The Balaban J connectivity index is 1.93. The molecule has 0 aliphatic heterocycles. The molecule has 2 aromatic rings. The van der Waals surface area contributed by atoms with Crippen LogP contribution in [0.1, 0.15) is 32.4 Å². The minimum absolute atomic E-state index is 0.152. The predicted octanol–water partition coefficient (Wildman–Crippen LogP) is 3.74. The van der Waals surface area contributed by atoms with Crippen molar-refractivity contribution in [2.45, 2.75) is 31.7 Å². The van der Waals surface area contributed by atoms with E-state index in [2.05, 4.69) is 21.2 Å². The average molecular weight is 469 g/mol. The molecule has 2 aromatic carbocycles. The van der Waals surface area contributed by atoms with E-state index in [1.807, 2.05) is 31.2 Å². The van der Waals surface area contributed by atoms with Crippen LogP contribution in [0.5, 0.6) is 5.75 Å². The number of amides is 1. The Kier molecular flexibility index (Phi) is 8.03. The molecule has 0 heterocycles. The number of nitrogens with zero attached hydrogens (tertiary/aromatic N) is 1. The van der Waals surface area contributed by atoms with Gasteiger partial charge in [0.15, 0.2) is 6.61 Å². The highest BCUT2D eigenvalue weighted by molar-refractivity contribution is 9.10. The van der Waals surface area contributed by atoms with Crippen LogP contribution in [-0.2, 0) is 14.8 Å². The van der Waals surface area contributed by atoms with Crippen LogP contribution >= 0.6 is 15.9 Å². The number of hydrogen-bond acceptors (Lipinski definition) is 4. The van der Waals surface area contributed by atoms with Gasteiger partial charge in [-0.2, -0.15) is 4.31 Å². The monoisotopic (exact) mass is 468 g/mol. The van der Waals surface area contributed by atoms with E-state index in [0.717, 1.165) is 10.0 Å². The normalized spacial score (nSPS) is 12.6. The van der Waals surface area contributed by atoms with Crippen molar-refractivity contribution in [2.75, 3.05) is 19.7 Å². The molecule has 0 saturated carbocycles. The Labute approximate surface area is 175 Å². The topological polar surface area (TPSA) is 75.7 Å². The van der Waals surface area contributed by atoms with Crippen LogP contribution in [0.2, 0.25) is 0 Å². The molecule has 1 unspecified atom stereocenters. The maximum Gasteiger partial charge on any atom is 0.258 e. The number of ether oxygens (including phenoxy) is 1. The lowest BCUT2D eigenvalue weighted by atomic mass is 10.1. The van der Waals surface area contributed by atoms with Crippen molar-refractivity contribution >= 4 is 31.9 Å². The molecule has 0 saturated heterocycles. The number of halogens is 1. The number of carbonyl (C=O) groups is 1. The van der Waals surface area contributed by atoms with Crippen molar-refractivity contribution in [1.29, 1.82) is 0 Å². The quantitative estimate of drug-likeness (QED) is 0.607. The van der Waals surface area contributed by atoms with Gasteiger partial charge in [-0.05, 0) is 48.9 Å². The van der Waals surface area contributed by atoms with Gasteiger partial charge in [0.25, 0.3) is 5.91 Å². The van der Waals surface area contributed by atoms with Gasteiger partial charge >= 0.3 is 0 Å². The highest BCUT2D eigenvalue weighted by atomic mass is 79.9. The van der Waals surface area contributed by atoms with Gasteiger partial charge in [-0.3, -0.25) is 4.79 Å². The highest BCUT2D eigenvalue weighted by Crippen LogP contribution is 2.20. The molecule has 1 N–H and O–H groups in total. The van der Waals surface area contributed by atoms with Crippen molar-refractivity contribution in [2.24, 2.45) is 0 Å². The lowest BCUT2D eigenvalue weighted by molar-refractivity contribution is -0.123. The molecule has 1 atom stereocenters. The number of rotatable bonds is 9. The maximum absolute atomic E-state index is 12.5. The first-order valence-corrected chi connectivity index (χ1v) is 11.3. The molecule has 0 aliphatic carbocycles. The van der Waals surface area contributed by atoms with Crippen molar-refractivity contribution in [1.82, 2.24) is 9.62 Å². The molecule has 0 bridgehead atoms. The fraction of sp³-hybridized carbons (Fsp3) is 0.350. The summed E-state index contributed by atoms with van der Waals surface area (Å²) in [6, 6.07) is 13.7. The van der Waals surface area contributed by atoms with Crippen LogP contribution < -0.4 is 10.1 Å². The second-order valence-corrected chi connectivity index (χ2v) is 9.05. The summed E-state index contributed by atoms with van der Waals surface area (Å²) in [6.07, 6.45) is 0. The van der Waals surface area contributed by atoms with Crippen LogP contribution in [0.4, 0.5) is 0 Å². The lowest BCUT2D eigenvalue weighted by Crippen LogP contribution is -2.31. The van der Waals surface area contributed by atoms with Gasteiger partial charge in [-0.25, -0.2) is 8.42 Å². The molecule has 0 aliphatic rings. The first-order chi connectivity index (χ1) is 13.3. The number of carbonyl (C=O) groups excluding carboxylic acids is 1. The van der Waals surface area contributed by atoms with Crippen LogP contribution in [-0.4, -0.2) is 38.3 Å². The predicted molar refractivity (Wildman–Crippen MR) is 113 cm³/mol. The van der Waals surface area contributed by atoms with Gasteiger partial charge in [-0.15, -0.1) is 0 Å². The maximum atomic E-state index is 12.5. The Morgan fingerprint density at radius 3 is 2.36 bits per heavy atom. The Morgan fingerprint density at radius 2 is 1.79 bits per heavy atom. The number of nitrogens with one attached hydrogen (secondary N) is 1.